The lowest BCUT2D eigenvalue weighted by Gasteiger charge is -2.31. The van der Waals surface area contributed by atoms with Crippen LogP contribution in [0, 0.1) is 10.8 Å². The molecule has 1 aromatic carbocycles. The van der Waals surface area contributed by atoms with Gasteiger partial charge in [0.2, 0.25) is 0 Å². The summed E-state index contributed by atoms with van der Waals surface area (Å²) in [6.07, 6.45) is -0.177. The zero-order chi connectivity index (χ0) is 19.4. The summed E-state index contributed by atoms with van der Waals surface area (Å²) in [4.78, 5) is 23.9. The molecule has 1 N–H and O–H groups in total. The minimum Gasteiger partial charge on any atom is -0.441 e. The highest BCUT2D eigenvalue weighted by Crippen LogP contribution is 2.38. The van der Waals surface area contributed by atoms with Gasteiger partial charge in [0, 0.05) is 12.5 Å². The first-order valence-electron chi connectivity index (χ1n) is 8.63. The molecular weight excluding hydrogens is 318 g/mol. The van der Waals surface area contributed by atoms with Crippen molar-refractivity contribution in [2.45, 2.75) is 61.0 Å². The van der Waals surface area contributed by atoms with Crippen LogP contribution in [0.3, 0.4) is 0 Å². The van der Waals surface area contributed by atoms with Gasteiger partial charge in [-0.2, -0.15) is 0 Å². The Balaban J connectivity index is 3.21. The summed E-state index contributed by atoms with van der Waals surface area (Å²) in [6.45, 7) is 13.5. The molecule has 25 heavy (non-hydrogen) atoms. The number of carbonyl (C=O) groups excluding carboxylic acids is 2. The molecule has 0 spiro atoms. The largest absolute Gasteiger partial charge is 0.441 e. The second kappa shape index (κ2) is 7.89. The van der Waals surface area contributed by atoms with Gasteiger partial charge in [0.05, 0.1) is 5.41 Å². The van der Waals surface area contributed by atoms with Gasteiger partial charge in [0.15, 0.2) is 0 Å². The predicted molar refractivity (Wildman–Crippen MR) is 98.6 cm³/mol. The van der Waals surface area contributed by atoms with Crippen molar-refractivity contribution in [1.82, 2.24) is 5.32 Å². The van der Waals surface area contributed by atoms with E-state index >= 15 is 0 Å². The van der Waals surface area contributed by atoms with Crippen LogP contribution in [0.5, 0.6) is 5.75 Å². The predicted octanol–water partition coefficient (Wildman–Crippen LogP) is 4.64. The van der Waals surface area contributed by atoms with E-state index in [4.69, 9.17) is 9.47 Å². The van der Waals surface area contributed by atoms with Crippen LogP contribution >= 0.6 is 0 Å². The molecule has 0 aliphatic rings. The van der Waals surface area contributed by atoms with Crippen molar-refractivity contribution in [2.75, 3.05) is 7.05 Å². The third kappa shape index (κ3) is 5.76. The Kier molecular flexibility index (Phi) is 6.63. The number of hydrogen-bond donors (Lipinski definition) is 1. The fourth-order valence-electron chi connectivity index (χ4n) is 2.30. The molecule has 5 nitrogen and oxygen atoms in total. The van der Waals surface area contributed by atoms with Gasteiger partial charge in [-0.25, -0.2) is 4.79 Å². The summed E-state index contributed by atoms with van der Waals surface area (Å²) in [5.74, 6) is 0.280. The SMILES string of the molecule is CCc1cc(C(OC(=O)NC)C(C)(C)C)ccc1OC(=O)C(C)(C)C. The van der Waals surface area contributed by atoms with Crippen molar-refractivity contribution in [3.8, 4) is 5.75 Å². The molecule has 0 aliphatic heterocycles. The average Bonchev–Trinajstić information content (AvgIpc) is 2.50. The second-order valence-corrected chi connectivity index (χ2v) is 8.26. The van der Waals surface area contributed by atoms with E-state index in [0.717, 1.165) is 11.1 Å². The Morgan fingerprint density at radius 2 is 1.72 bits per heavy atom. The van der Waals surface area contributed by atoms with Gasteiger partial charge in [-0.1, -0.05) is 33.8 Å². The molecule has 0 fully saturated rings. The Labute approximate surface area is 151 Å². The number of ether oxygens (including phenoxy) is 2. The summed E-state index contributed by atoms with van der Waals surface area (Å²) < 4.78 is 11.1. The van der Waals surface area contributed by atoms with Crippen molar-refractivity contribution >= 4 is 12.1 Å². The Morgan fingerprint density at radius 1 is 1.12 bits per heavy atom. The molecule has 1 aromatic rings. The summed E-state index contributed by atoms with van der Waals surface area (Å²) in [5, 5.41) is 2.49. The van der Waals surface area contributed by atoms with Gasteiger partial charge < -0.3 is 14.8 Å². The van der Waals surface area contributed by atoms with E-state index in [1.54, 1.807) is 6.07 Å². The van der Waals surface area contributed by atoms with Crippen LogP contribution in [0.2, 0.25) is 0 Å². The van der Waals surface area contributed by atoms with Gasteiger partial charge in [-0.3, -0.25) is 4.79 Å². The highest BCUT2D eigenvalue weighted by molar-refractivity contribution is 5.78. The topological polar surface area (TPSA) is 64.6 Å². The summed E-state index contributed by atoms with van der Waals surface area (Å²) in [7, 11) is 1.54. The van der Waals surface area contributed by atoms with Crippen LogP contribution in [0.4, 0.5) is 4.79 Å². The molecule has 0 saturated carbocycles. The number of carbonyl (C=O) groups is 2. The Morgan fingerprint density at radius 3 is 2.16 bits per heavy atom. The molecule has 0 saturated heterocycles. The number of nitrogens with one attached hydrogen (secondary N) is 1. The van der Waals surface area contributed by atoms with E-state index in [2.05, 4.69) is 5.32 Å². The van der Waals surface area contributed by atoms with Crippen molar-refractivity contribution in [3.63, 3.8) is 0 Å². The van der Waals surface area contributed by atoms with Gasteiger partial charge in [-0.15, -0.1) is 0 Å². The molecular formula is C20H31NO4. The van der Waals surface area contributed by atoms with Crippen LogP contribution in [0.15, 0.2) is 18.2 Å². The zero-order valence-electron chi connectivity index (χ0n) is 16.6. The standard InChI is InChI=1S/C20H31NO4/c1-9-13-12-14(16(19(2,3)4)25-18(23)21-8)10-11-15(13)24-17(22)20(5,6)7/h10-12,16H,9H2,1-8H3,(H,21,23). The molecule has 0 heterocycles. The Hall–Kier alpha value is -2.04. The maximum Gasteiger partial charge on any atom is 0.407 e. The number of amides is 1. The maximum atomic E-state index is 12.2. The number of esters is 1. The highest BCUT2D eigenvalue weighted by Gasteiger charge is 2.31. The molecule has 0 bridgehead atoms. The van der Waals surface area contributed by atoms with Crippen molar-refractivity contribution in [1.29, 1.82) is 0 Å². The second-order valence-electron chi connectivity index (χ2n) is 8.26. The number of alkyl carbamates (subject to hydrolysis) is 1. The first kappa shape index (κ1) is 21.0. The van der Waals surface area contributed by atoms with E-state index in [0.29, 0.717) is 12.2 Å². The molecule has 0 radical (unpaired) electrons. The third-order valence-electron chi connectivity index (χ3n) is 3.80. The van der Waals surface area contributed by atoms with E-state index in [1.165, 1.54) is 7.05 Å². The monoisotopic (exact) mass is 349 g/mol. The van der Waals surface area contributed by atoms with Gasteiger partial charge >= 0.3 is 12.1 Å². The van der Waals surface area contributed by atoms with Gasteiger partial charge in [-0.05, 0) is 50.5 Å². The number of aryl methyl sites for hydroxylation is 1. The van der Waals surface area contributed by atoms with Crippen LogP contribution in [-0.4, -0.2) is 19.1 Å². The zero-order valence-corrected chi connectivity index (χ0v) is 16.6. The van der Waals surface area contributed by atoms with E-state index in [1.807, 2.05) is 60.6 Å². The number of benzene rings is 1. The first-order chi connectivity index (χ1) is 11.4. The summed E-state index contributed by atoms with van der Waals surface area (Å²) in [6, 6.07) is 5.58. The number of rotatable bonds is 4. The quantitative estimate of drug-likeness (QED) is 0.635. The fourth-order valence-corrected chi connectivity index (χ4v) is 2.30. The third-order valence-corrected chi connectivity index (χ3v) is 3.80. The summed E-state index contributed by atoms with van der Waals surface area (Å²) >= 11 is 0. The minimum absolute atomic E-state index is 0.274. The van der Waals surface area contributed by atoms with E-state index < -0.39 is 17.6 Å². The molecule has 0 aliphatic carbocycles. The molecule has 0 aromatic heterocycles. The minimum atomic E-state index is -0.569. The lowest BCUT2D eigenvalue weighted by atomic mass is 9.84. The fraction of sp³-hybridized carbons (Fsp3) is 0.600. The van der Waals surface area contributed by atoms with Crippen molar-refractivity contribution < 1.29 is 19.1 Å². The smallest absolute Gasteiger partial charge is 0.407 e. The molecule has 1 rings (SSSR count). The molecule has 1 unspecified atom stereocenters. The lowest BCUT2D eigenvalue weighted by Crippen LogP contribution is -2.29. The molecule has 140 valence electrons. The van der Waals surface area contributed by atoms with Gasteiger partial charge in [0.1, 0.15) is 11.9 Å². The highest BCUT2D eigenvalue weighted by atomic mass is 16.6. The normalized spacial score (nSPS) is 13.1. The maximum absolute atomic E-state index is 12.2. The van der Waals surface area contributed by atoms with Crippen molar-refractivity contribution in [2.24, 2.45) is 10.8 Å². The van der Waals surface area contributed by atoms with E-state index in [9.17, 15) is 9.59 Å². The molecule has 5 heteroatoms. The first-order valence-corrected chi connectivity index (χ1v) is 8.63. The average molecular weight is 349 g/mol. The number of hydrogen-bond acceptors (Lipinski definition) is 4. The van der Waals surface area contributed by atoms with Crippen molar-refractivity contribution in [3.05, 3.63) is 29.3 Å². The lowest BCUT2D eigenvalue weighted by molar-refractivity contribution is -0.143. The van der Waals surface area contributed by atoms with Crippen LogP contribution in [0.1, 0.15) is 65.7 Å². The summed E-state index contributed by atoms with van der Waals surface area (Å²) in [5.41, 5.74) is 0.939. The molecule has 1 atom stereocenters. The Bertz CT molecular complexity index is 624. The van der Waals surface area contributed by atoms with Crippen LogP contribution in [0.25, 0.3) is 0 Å². The molecule has 1 amide bonds. The van der Waals surface area contributed by atoms with Crippen LogP contribution < -0.4 is 10.1 Å². The van der Waals surface area contributed by atoms with E-state index in [-0.39, 0.29) is 11.4 Å². The van der Waals surface area contributed by atoms with Crippen LogP contribution in [-0.2, 0) is 16.0 Å². The van der Waals surface area contributed by atoms with Gasteiger partial charge in [0.25, 0.3) is 0 Å².